The van der Waals surface area contributed by atoms with Crippen molar-refractivity contribution in [3.63, 3.8) is 0 Å². The first-order chi connectivity index (χ1) is 6.75. The Kier molecular flexibility index (Phi) is 2.18. The molecule has 1 N–H and O–H groups in total. The molecule has 6 heteroatoms. The highest BCUT2D eigenvalue weighted by atomic mass is 16.6. The first-order valence-electron chi connectivity index (χ1n) is 4.26. The number of hydrogen-bond acceptors (Lipinski definition) is 5. The lowest BCUT2D eigenvalue weighted by atomic mass is 10.3. The molecule has 0 bridgehead atoms. The molecule has 0 saturated heterocycles. The summed E-state index contributed by atoms with van der Waals surface area (Å²) >= 11 is 0. The zero-order chi connectivity index (χ0) is 9.97. The van der Waals surface area contributed by atoms with Gasteiger partial charge in [0, 0.05) is 13.2 Å². The molecule has 6 nitrogen and oxygen atoms in total. The summed E-state index contributed by atoms with van der Waals surface area (Å²) in [6.45, 7) is 2.46. The molecular weight excluding hydrogens is 182 g/mol. The molecule has 0 amide bonds. The van der Waals surface area contributed by atoms with E-state index in [-0.39, 0.29) is 0 Å². The highest BCUT2D eigenvalue weighted by Gasteiger charge is 2.04. The molecule has 0 fully saturated rings. The topological polar surface area (TPSA) is 68.8 Å². The Morgan fingerprint density at radius 2 is 2.36 bits per heavy atom. The molecule has 74 valence electrons. The molecule has 0 aliphatic carbocycles. The maximum absolute atomic E-state index is 4.58. The van der Waals surface area contributed by atoms with Gasteiger partial charge in [-0.25, -0.2) is 4.63 Å². The molecule has 0 spiro atoms. The van der Waals surface area contributed by atoms with E-state index in [1.165, 1.54) is 0 Å². The van der Waals surface area contributed by atoms with E-state index < -0.39 is 0 Å². The molecule has 0 radical (unpaired) electrons. The molecule has 2 aromatic rings. The second kappa shape index (κ2) is 3.49. The Balaban J connectivity index is 1.98. The minimum absolute atomic E-state index is 0.598. The van der Waals surface area contributed by atoms with Gasteiger partial charge >= 0.3 is 0 Å². The Hall–Kier alpha value is -1.85. The first-order valence-corrected chi connectivity index (χ1v) is 4.26. The molecule has 14 heavy (non-hydrogen) atoms. The number of anilines is 1. The fourth-order valence-corrected chi connectivity index (χ4v) is 1.11. The summed E-state index contributed by atoms with van der Waals surface area (Å²) in [4.78, 5) is 0. The SMILES string of the molecule is Cc1nonc1CNc1cnn(C)c1. The van der Waals surface area contributed by atoms with Crippen molar-refractivity contribution in [3.05, 3.63) is 23.8 Å². The predicted molar refractivity (Wildman–Crippen MR) is 49.6 cm³/mol. The summed E-state index contributed by atoms with van der Waals surface area (Å²) in [6, 6.07) is 0. The Morgan fingerprint density at radius 3 is 2.93 bits per heavy atom. The zero-order valence-electron chi connectivity index (χ0n) is 8.06. The minimum Gasteiger partial charge on any atom is -0.377 e. The number of aromatic nitrogens is 4. The third-order valence-corrected chi connectivity index (χ3v) is 1.91. The molecule has 0 aromatic carbocycles. The van der Waals surface area contributed by atoms with Gasteiger partial charge in [0.2, 0.25) is 0 Å². The molecular formula is C8H11N5O. The molecule has 0 aliphatic rings. The van der Waals surface area contributed by atoms with Gasteiger partial charge in [-0.15, -0.1) is 0 Å². The number of nitrogens with one attached hydrogen (secondary N) is 1. The summed E-state index contributed by atoms with van der Waals surface area (Å²) in [6.07, 6.45) is 3.64. The fourth-order valence-electron chi connectivity index (χ4n) is 1.11. The molecule has 0 atom stereocenters. The lowest BCUT2D eigenvalue weighted by Gasteiger charge is -1.98. The highest BCUT2D eigenvalue weighted by molar-refractivity contribution is 5.38. The summed E-state index contributed by atoms with van der Waals surface area (Å²) in [5, 5.41) is 14.6. The second-order valence-electron chi connectivity index (χ2n) is 3.05. The van der Waals surface area contributed by atoms with Crippen molar-refractivity contribution < 1.29 is 4.63 Å². The van der Waals surface area contributed by atoms with Crippen LogP contribution in [0.4, 0.5) is 5.69 Å². The quantitative estimate of drug-likeness (QED) is 0.778. The van der Waals surface area contributed by atoms with E-state index in [9.17, 15) is 0 Å². The Bertz CT molecular complexity index is 419. The van der Waals surface area contributed by atoms with E-state index in [2.05, 4.69) is 25.4 Å². The average molecular weight is 193 g/mol. The van der Waals surface area contributed by atoms with Gasteiger partial charge in [-0.3, -0.25) is 4.68 Å². The van der Waals surface area contributed by atoms with E-state index >= 15 is 0 Å². The number of rotatable bonds is 3. The van der Waals surface area contributed by atoms with Crippen molar-refractivity contribution in [2.24, 2.45) is 7.05 Å². The fraction of sp³-hybridized carbons (Fsp3) is 0.375. The van der Waals surface area contributed by atoms with Gasteiger partial charge in [0.05, 0.1) is 18.4 Å². The van der Waals surface area contributed by atoms with Gasteiger partial charge in [0.1, 0.15) is 11.4 Å². The zero-order valence-corrected chi connectivity index (χ0v) is 8.06. The van der Waals surface area contributed by atoms with E-state index in [1.807, 2.05) is 20.2 Å². The molecule has 2 aromatic heterocycles. The third-order valence-electron chi connectivity index (χ3n) is 1.91. The van der Waals surface area contributed by atoms with E-state index in [1.54, 1.807) is 10.9 Å². The summed E-state index contributed by atoms with van der Waals surface area (Å²) in [5.74, 6) is 0. The summed E-state index contributed by atoms with van der Waals surface area (Å²) in [5.41, 5.74) is 2.57. The number of aryl methyl sites for hydroxylation is 2. The van der Waals surface area contributed by atoms with Crippen molar-refractivity contribution in [1.82, 2.24) is 20.1 Å². The van der Waals surface area contributed by atoms with Crippen LogP contribution in [0.3, 0.4) is 0 Å². The van der Waals surface area contributed by atoms with Gasteiger partial charge < -0.3 is 5.32 Å². The number of nitrogens with zero attached hydrogens (tertiary/aromatic N) is 4. The van der Waals surface area contributed by atoms with Crippen LogP contribution in [-0.2, 0) is 13.6 Å². The standard InChI is InChI=1S/C8H11N5O/c1-6-8(12-14-11-6)4-9-7-3-10-13(2)5-7/h3,5,9H,4H2,1-2H3. The predicted octanol–water partition coefficient (Wildman–Crippen LogP) is 0.724. The van der Waals surface area contributed by atoms with Crippen molar-refractivity contribution in [2.45, 2.75) is 13.5 Å². The minimum atomic E-state index is 0.598. The van der Waals surface area contributed by atoms with Crippen molar-refractivity contribution in [2.75, 3.05) is 5.32 Å². The van der Waals surface area contributed by atoms with Crippen molar-refractivity contribution in [3.8, 4) is 0 Å². The van der Waals surface area contributed by atoms with Crippen LogP contribution < -0.4 is 5.32 Å². The maximum Gasteiger partial charge on any atom is 0.127 e. The Labute approximate surface area is 80.9 Å². The van der Waals surface area contributed by atoms with Crippen molar-refractivity contribution in [1.29, 1.82) is 0 Å². The lowest BCUT2D eigenvalue weighted by Crippen LogP contribution is -2.00. The Morgan fingerprint density at radius 1 is 1.50 bits per heavy atom. The van der Waals surface area contributed by atoms with Crippen LogP contribution in [0.25, 0.3) is 0 Å². The average Bonchev–Trinajstić information content (AvgIpc) is 2.72. The summed E-state index contributed by atoms with van der Waals surface area (Å²) < 4.78 is 6.31. The van der Waals surface area contributed by atoms with E-state index in [0.29, 0.717) is 6.54 Å². The normalized spacial score (nSPS) is 10.4. The van der Waals surface area contributed by atoms with Gasteiger partial charge in [-0.05, 0) is 6.92 Å². The first kappa shape index (κ1) is 8.74. The smallest absolute Gasteiger partial charge is 0.127 e. The van der Waals surface area contributed by atoms with Crippen LogP contribution in [-0.4, -0.2) is 20.1 Å². The molecule has 2 heterocycles. The van der Waals surface area contributed by atoms with Crippen LogP contribution >= 0.6 is 0 Å². The van der Waals surface area contributed by atoms with Crippen LogP contribution in [0.1, 0.15) is 11.4 Å². The van der Waals surface area contributed by atoms with Crippen LogP contribution in [0.5, 0.6) is 0 Å². The molecule has 0 aliphatic heterocycles. The number of hydrogen-bond donors (Lipinski definition) is 1. The second-order valence-corrected chi connectivity index (χ2v) is 3.05. The van der Waals surface area contributed by atoms with Gasteiger partial charge in [-0.2, -0.15) is 5.10 Å². The molecule has 2 rings (SSSR count). The van der Waals surface area contributed by atoms with Gasteiger partial charge in [0.25, 0.3) is 0 Å². The van der Waals surface area contributed by atoms with E-state index in [4.69, 9.17) is 0 Å². The molecule has 0 unspecified atom stereocenters. The summed E-state index contributed by atoms with van der Waals surface area (Å²) in [7, 11) is 1.87. The largest absolute Gasteiger partial charge is 0.377 e. The van der Waals surface area contributed by atoms with Crippen LogP contribution in [0, 0.1) is 6.92 Å². The highest BCUT2D eigenvalue weighted by Crippen LogP contribution is 2.07. The van der Waals surface area contributed by atoms with Gasteiger partial charge in [0.15, 0.2) is 0 Å². The third kappa shape index (κ3) is 1.73. The van der Waals surface area contributed by atoms with Gasteiger partial charge in [-0.1, -0.05) is 10.3 Å². The monoisotopic (exact) mass is 193 g/mol. The lowest BCUT2D eigenvalue weighted by molar-refractivity contribution is 0.301. The van der Waals surface area contributed by atoms with E-state index in [0.717, 1.165) is 17.1 Å². The van der Waals surface area contributed by atoms with Crippen LogP contribution in [0.2, 0.25) is 0 Å². The van der Waals surface area contributed by atoms with Crippen LogP contribution in [0.15, 0.2) is 17.0 Å². The maximum atomic E-state index is 4.58. The van der Waals surface area contributed by atoms with Crippen molar-refractivity contribution >= 4 is 5.69 Å². The molecule has 0 saturated carbocycles.